The molecule has 1 fully saturated rings. The number of nitrogens with zero attached hydrogens (tertiary/aromatic N) is 5. The standard InChI is InChI=1S/C22H33N7O.HI/c1-5-11-23-22(25-16-21-27-26-17(2)28(21)3)24-15-20(29-12-6-7-13-29)18-9-8-10-19(14-18)30-4;/h5,8-10,14,20H,1,6-7,11-13,15-16H2,2-4H3,(H2,23,24,25);1H. The van der Waals surface area contributed by atoms with E-state index in [1.165, 1.54) is 18.4 Å². The molecule has 0 bridgehead atoms. The Morgan fingerprint density at radius 2 is 2.06 bits per heavy atom. The van der Waals surface area contributed by atoms with Crippen molar-refractivity contribution in [1.82, 2.24) is 30.3 Å². The molecular weight excluding hydrogens is 505 g/mol. The molecule has 2 heterocycles. The molecule has 1 unspecified atom stereocenters. The molecule has 31 heavy (non-hydrogen) atoms. The Hall–Kier alpha value is -2.14. The SMILES string of the molecule is C=CCNC(=NCc1nnc(C)n1C)NCC(c1cccc(OC)c1)N1CCCC1.I. The number of hydrogen-bond donors (Lipinski definition) is 2. The highest BCUT2D eigenvalue weighted by atomic mass is 127. The second kappa shape index (κ2) is 12.7. The van der Waals surface area contributed by atoms with Crippen LogP contribution < -0.4 is 15.4 Å². The summed E-state index contributed by atoms with van der Waals surface area (Å²) in [7, 11) is 3.66. The zero-order chi connectivity index (χ0) is 21.3. The minimum absolute atomic E-state index is 0. The number of rotatable bonds is 9. The molecule has 8 nitrogen and oxygen atoms in total. The fraction of sp³-hybridized carbons (Fsp3) is 0.500. The van der Waals surface area contributed by atoms with Crippen molar-refractivity contribution < 1.29 is 4.74 Å². The number of aliphatic imine (C=N–C) groups is 1. The first-order valence-electron chi connectivity index (χ1n) is 10.5. The predicted octanol–water partition coefficient (Wildman–Crippen LogP) is 2.81. The molecule has 0 amide bonds. The van der Waals surface area contributed by atoms with Gasteiger partial charge in [0.2, 0.25) is 0 Å². The van der Waals surface area contributed by atoms with Crippen LogP contribution in [0.25, 0.3) is 0 Å². The third-order valence-electron chi connectivity index (χ3n) is 5.50. The van der Waals surface area contributed by atoms with Crippen LogP contribution in [0.1, 0.15) is 36.1 Å². The fourth-order valence-corrected chi connectivity index (χ4v) is 3.63. The van der Waals surface area contributed by atoms with Crippen molar-refractivity contribution in [3.63, 3.8) is 0 Å². The molecule has 3 rings (SSSR count). The van der Waals surface area contributed by atoms with Crippen LogP contribution in [0.5, 0.6) is 5.75 Å². The molecular formula is C22H34IN7O. The highest BCUT2D eigenvalue weighted by Crippen LogP contribution is 2.27. The molecule has 0 saturated carbocycles. The molecule has 2 aromatic rings. The third-order valence-corrected chi connectivity index (χ3v) is 5.50. The van der Waals surface area contributed by atoms with Crippen molar-refractivity contribution in [3.8, 4) is 5.75 Å². The number of hydrogen-bond acceptors (Lipinski definition) is 5. The van der Waals surface area contributed by atoms with Gasteiger partial charge >= 0.3 is 0 Å². The molecule has 0 aliphatic carbocycles. The summed E-state index contributed by atoms with van der Waals surface area (Å²) in [6.45, 7) is 9.78. The van der Waals surface area contributed by atoms with Gasteiger partial charge in [0.15, 0.2) is 11.8 Å². The number of methoxy groups -OCH3 is 1. The van der Waals surface area contributed by atoms with Crippen LogP contribution in [0.2, 0.25) is 0 Å². The van der Waals surface area contributed by atoms with Gasteiger partial charge in [-0.25, -0.2) is 4.99 Å². The summed E-state index contributed by atoms with van der Waals surface area (Å²) in [5.41, 5.74) is 1.25. The van der Waals surface area contributed by atoms with E-state index in [0.717, 1.165) is 43.0 Å². The molecule has 2 N–H and O–H groups in total. The number of ether oxygens (including phenoxy) is 1. The Kier molecular flexibility index (Phi) is 10.3. The zero-order valence-corrected chi connectivity index (χ0v) is 21.0. The summed E-state index contributed by atoms with van der Waals surface area (Å²) in [5, 5.41) is 15.1. The highest BCUT2D eigenvalue weighted by Gasteiger charge is 2.24. The van der Waals surface area contributed by atoms with Gasteiger partial charge in [-0.15, -0.1) is 40.8 Å². The highest BCUT2D eigenvalue weighted by molar-refractivity contribution is 14.0. The molecule has 1 aliphatic heterocycles. The van der Waals surface area contributed by atoms with Gasteiger partial charge in [0.1, 0.15) is 18.1 Å². The molecule has 9 heteroatoms. The van der Waals surface area contributed by atoms with Gasteiger partial charge in [-0.2, -0.15) is 0 Å². The van der Waals surface area contributed by atoms with Crippen LogP contribution in [0, 0.1) is 6.92 Å². The molecule has 1 aromatic heterocycles. The topological polar surface area (TPSA) is 79.6 Å². The summed E-state index contributed by atoms with van der Waals surface area (Å²) < 4.78 is 7.40. The van der Waals surface area contributed by atoms with Crippen molar-refractivity contribution >= 4 is 29.9 Å². The van der Waals surface area contributed by atoms with E-state index in [1.54, 1.807) is 7.11 Å². The van der Waals surface area contributed by atoms with Crippen molar-refractivity contribution in [2.75, 3.05) is 33.3 Å². The van der Waals surface area contributed by atoms with Crippen molar-refractivity contribution in [2.24, 2.45) is 12.0 Å². The Morgan fingerprint density at radius 3 is 2.71 bits per heavy atom. The lowest BCUT2D eigenvalue weighted by molar-refractivity contribution is 0.245. The van der Waals surface area contributed by atoms with E-state index in [1.807, 2.05) is 30.7 Å². The van der Waals surface area contributed by atoms with E-state index in [9.17, 15) is 0 Å². The second-order valence-corrected chi connectivity index (χ2v) is 7.47. The minimum Gasteiger partial charge on any atom is -0.497 e. The zero-order valence-electron chi connectivity index (χ0n) is 18.7. The van der Waals surface area contributed by atoms with Gasteiger partial charge in [-0.3, -0.25) is 4.90 Å². The Bertz CT molecular complexity index is 861. The van der Waals surface area contributed by atoms with Crippen LogP contribution >= 0.6 is 24.0 Å². The summed E-state index contributed by atoms with van der Waals surface area (Å²) in [5.74, 6) is 3.33. The normalized spacial score (nSPS) is 15.3. The lowest BCUT2D eigenvalue weighted by Gasteiger charge is -2.29. The van der Waals surface area contributed by atoms with E-state index >= 15 is 0 Å². The van der Waals surface area contributed by atoms with Gasteiger partial charge < -0.3 is 19.9 Å². The lowest BCUT2D eigenvalue weighted by atomic mass is 10.1. The number of aromatic nitrogens is 3. The van der Waals surface area contributed by atoms with Gasteiger partial charge in [0.05, 0.1) is 13.2 Å². The number of halogens is 1. The number of likely N-dealkylation sites (tertiary alicyclic amines) is 1. The van der Waals surface area contributed by atoms with Gasteiger partial charge in [0.25, 0.3) is 0 Å². The molecule has 170 valence electrons. The minimum atomic E-state index is 0. The number of benzene rings is 1. The van der Waals surface area contributed by atoms with E-state index in [-0.39, 0.29) is 30.0 Å². The molecule has 1 atom stereocenters. The van der Waals surface area contributed by atoms with E-state index < -0.39 is 0 Å². The molecule has 1 aliphatic rings. The maximum absolute atomic E-state index is 5.45. The largest absolute Gasteiger partial charge is 0.497 e. The van der Waals surface area contributed by atoms with Crippen LogP contribution in [0.4, 0.5) is 0 Å². The fourth-order valence-electron chi connectivity index (χ4n) is 3.63. The van der Waals surface area contributed by atoms with Crippen LogP contribution in [0.15, 0.2) is 41.9 Å². The summed E-state index contributed by atoms with van der Waals surface area (Å²) >= 11 is 0. The molecule has 0 radical (unpaired) electrons. The smallest absolute Gasteiger partial charge is 0.192 e. The van der Waals surface area contributed by atoms with Crippen molar-refractivity contribution in [3.05, 3.63) is 54.1 Å². The average molecular weight is 539 g/mol. The van der Waals surface area contributed by atoms with E-state index in [0.29, 0.717) is 13.1 Å². The predicted molar refractivity (Wildman–Crippen MR) is 135 cm³/mol. The van der Waals surface area contributed by atoms with Crippen molar-refractivity contribution in [1.29, 1.82) is 0 Å². The molecule has 0 spiro atoms. The average Bonchev–Trinajstić information content (AvgIpc) is 3.41. The Balaban J connectivity index is 0.00000341. The van der Waals surface area contributed by atoms with E-state index in [4.69, 9.17) is 9.73 Å². The van der Waals surface area contributed by atoms with E-state index in [2.05, 4.69) is 50.5 Å². The van der Waals surface area contributed by atoms with Crippen LogP contribution in [-0.2, 0) is 13.6 Å². The van der Waals surface area contributed by atoms with Gasteiger partial charge in [-0.1, -0.05) is 18.2 Å². The number of aryl methyl sites for hydroxylation is 1. The Morgan fingerprint density at radius 1 is 1.29 bits per heavy atom. The maximum atomic E-state index is 5.45. The third kappa shape index (κ3) is 6.93. The number of nitrogens with one attached hydrogen (secondary N) is 2. The lowest BCUT2D eigenvalue weighted by Crippen LogP contribution is -2.42. The van der Waals surface area contributed by atoms with Crippen molar-refractivity contribution in [2.45, 2.75) is 32.4 Å². The monoisotopic (exact) mass is 539 g/mol. The van der Waals surface area contributed by atoms with Gasteiger partial charge in [0, 0.05) is 20.1 Å². The summed E-state index contributed by atoms with van der Waals surface area (Å²) in [6.07, 6.45) is 4.30. The maximum Gasteiger partial charge on any atom is 0.192 e. The quantitative estimate of drug-likeness (QED) is 0.221. The summed E-state index contributed by atoms with van der Waals surface area (Å²) in [4.78, 5) is 7.24. The summed E-state index contributed by atoms with van der Waals surface area (Å²) in [6, 6.07) is 8.58. The Labute approximate surface area is 202 Å². The van der Waals surface area contributed by atoms with Crippen LogP contribution in [-0.4, -0.2) is 58.9 Å². The number of guanidine groups is 1. The van der Waals surface area contributed by atoms with Crippen LogP contribution in [0.3, 0.4) is 0 Å². The first-order valence-corrected chi connectivity index (χ1v) is 10.5. The van der Waals surface area contributed by atoms with Gasteiger partial charge in [-0.05, 0) is 50.6 Å². The molecule has 1 saturated heterocycles. The molecule has 1 aromatic carbocycles. The second-order valence-electron chi connectivity index (χ2n) is 7.47. The first-order chi connectivity index (χ1) is 14.6. The first kappa shape index (κ1) is 25.1.